The molecule has 3 heterocycles. The lowest BCUT2D eigenvalue weighted by atomic mass is 10.1. The summed E-state index contributed by atoms with van der Waals surface area (Å²) in [6.07, 6.45) is 0.870. The van der Waals surface area contributed by atoms with Gasteiger partial charge >= 0.3 is 5.97 Å². The van der Waals surface area contributed by atoms with Crippen LogP contribution in [0, 0.1) is 5.92 Å². The molecule has 0 saturated carbocycles. The maximum Gasteiger partial charge on any atom is 0.349 e. The molecule has 2 saturated heterocycles. The van der Waals surface area contributed by atoms with Crippen LogP contribution in [0.1, 0.15) is 16.1 Å². The molecule has 2 aliphatic heterocycles. The number of hydrogen-bond acceptors (Lipinski definition) is 6. The van der Waals surface area contributed by atoms with Crippen molar-refractivity contribution in [1.29, 1.82) is 0 Å². The first-order valence-corrected chi connectivity index (χ1v) is 8.76. The van der Waals surface area contributed by atoms with E-state index >= 15 is 0 Å². The molecule has 1 N–H and O–H groups in total. The van der Waals surface area contributed by atoms with Crippen molar-refractivity contribution < 1.29 is 17.9 Å². The zero-order chi connectivity index (χ0) is 14.3. The summed E-state index contributed by atoms with van der Waals surface area (Å²) < 4.78 is 31.7. The molecule has 0 aromatic carbocycles. The molecule has 0 bridgehead atoms. The van der Waals surface area contributed by atoms with Crippen LogP contribution < -0.4 is 5.32 Å². The molecule has 6 nitrogen and oxygen atoms in total. The highest BCUT2D eigenvalue weighted by Crippen LogP contribution is 2.34. The SMILES string of the molecule is COC(=O)c1sccc1S(=O)(=O)N1CC[C@H]2CNC[C@H]21. The highest BCUT2D eigenvalue weighted by Gasteiger charge is 2.45. The van der Waals surface area contributed by atoms with E-state index in [1.807, 2.05) is 0 Å². The van der Waals surface area contributed by atoms with Gasteiger partial charge in [0, 0.05) is 19.1 Å². The normalized spacial score (nSPS) is 26.6. The highest BCUT2D eigenvalue weighted by molar-refractivity contribution is 7.89. The van der Waals surface area contributed by atoms with Crippen molar-refractivity contribution >= 4 is 27.3 Å². The van der Waals surface area contributed by atoms with E-state index in [2.05, 4.69) is 10.1 Å². The maximum absolute atomic E-state index is 12.8. The van der Waals surface area contributed by atoms with Crippen LogP contribution in [0.3, 0.4) is 0 Å². The number of esters is 1. The predicted octanol–water partition coefficient (Wildman–Crippen LogP) is 0.517. The van der Waals surface area contributed by atoms with Crippen molar-refractivity contribution in [2.75, 3.05) is 26.7 Å². The average Bonchev–Trinajstić information content (AvgIpc) is 3.11. The smallest absolute Gasteiger partial charge is 0.349 e. The molecular weight excluding hydrogens is 300 g/mol. The van der Waals surface area contributed by atoms with E-state index < -0.39 is 16.0 Å². The number of thiophene rings is 1. The summed E-state index contributed by atoms with van der Waals surface area (Å²) in [5, 5.41) is 4.84. The van der Waals surface area contributed by atoms with Crippen molar-refractivity contribution in [3.05, 3.63) is 16.3 Å². The van der Waals surface area contributed by atoms with E-state index in [0.717, 1.165) is 24.3 Å². The third-order valence-electron chi connectivity index (χ3n) is 3.98. The molecular formula is C12H16N2O4S2. The fraction of sp³-hybridized carbons (Fsp3) is 0.583. The van der Waals surface area contributed by atoms with Crippen molar-refractivity contribution in [2.24, 2.45) is 5.92 Å². The zero-order valence-corrected chi connectivity index (χ0v) is 12.7. The summed E-state index contributed by atoms with van der Waals surface area (Å²) in [6, 6.07) is 1.49. The Hall–Kier alpha value is -0.960. The predicted molar refractivity (Wildman–Crippen MR) is 74.3 cm³/mol. The molecule has 8 heteroatoms. The fourth-order valence-corrected chi connectivity index (χ4v) is 5.99. The quantitative estimate of drug-likeness (QED) is 0.823. The van der Waals surface area contributed by atoms with Crippen molar-refractivity contribution in [3.63, 3.8) is 0 Å². The van der Waals surface area contributed by atoms with Gasteiger partial charge in [0.05, 0.1) is 7.11 Å². The minimum absolute atomic E-state index is 0.00500. The van der Waals surface area contributed by atoms with Gasteiger partial charge in [-0.15, -0.1) is 11.3 Å². The van der Waals surface area contributed by atoms with Crippen molar-refractivity contribution in [2.45, 2.75) is 17.4 Å². The van der Waals surface area contributed by atoms with Crippen LogP contribution in [-0.4, -0.2) is 51.5 Å². The Morgan fingerprint density at radius 1 is 1.50 bits per heavy atom. The minimum Gasteiger partial charge on any atom is -0.465 e. The van der Waals surface area contributed by atoms with Gasteiger partial charge in [0.2, 0.25) is 10.0 Å². The number of methoxy groups -OCH3 is 1. The van der Waals surface area contributed by atoms with Crippen LogP contribution >= 0.6 is 11.3 Å². The third kappa shape index (κ3) is 2.07. The van der Waals surface area contributed by atoms with E-state index in [9.17, 15) is 13.2 Å². The highest BCUT2D eigenvalue weighted by atomic mass is 32.2. The second kappa shape index (κ2) is 5.10. The molecule has 0 radical (unpaired) electrons. The number of ether oxygens (including phenoxy) is 1. The molecule has 3 rings (SSSR count). The molecule has 2 fully saturated rings. The first-order valence-electron chi connectivity index (χ1n) is 6.44. The lowest BCUT2D eigenvalue weighted by Gasteiger charge is -2.22. The van der Waals surface area contributed by atoms with E-state index in [0.29, 0.717) is 19.0 Å². The Bertz CT molecular complexity index is 625. The first kappa shape index (κ1) is 14.0. The summed E-state index contributed by atoms with van der Waals surface area (Å²) >= 11 is 1.10. The Labute approximate surface area is 121 Å². The van der Waals surface area contributed by atoms with Crippen molar-refractivity contribution in [1.82, 2.24) is 9.62 Å². The zero-order valence-electron chi connectivity index (χ0n) is 11.0. The summed E-state index contributed by atoms with van der Waals surface area (Å²) in [5.41, 5.74) is 0. The van der Waals surface area contributed by atoms with E-state index in [4.69, 9.17) is 0 Å². The van der Waals surface area contributed by atoms with E-state index in [-0.39, 0.29) is 15.8 Å². The minimum atomic E-state index is -3.63. The Balaban J connectivity index is 1.97. The molecule has 20 heavy (non-hydrogen) atoms. The number of nitrogens with zero attached hydrogens (tertiary/aromatic N) is 1. The fourth-order valence-electron chi connectivity index (χ4n) is 2.98. The second-order valence-electron chi connectivity index (χ2n) is 5.00. The van der Waals surface area contributed by atoms with Gasteiger partial charge < -0.3 is 10.1 Å². The summed E-state index contributed by atoms with van der Waals surface area (Å²) in [6.45, 7) is 2.07. The molecule has 2 atom stereocenters. The van der Waals surface area contributed by atoms with Crippen molar-refractivity contribution in [3.8, 4) is 0 Å². The number of rotatable bonds is 3. The Kier molecular flexibility index (Phi) is 3.57. The van der Waals surface area contributed by atoms with Gasteiger partial charge in [-0.2, -0.15) is 4.31 Å². The van der Waals surface area contributed by atoms with E-state index in [1.54, 1.807) is 5.38 Å². The lowest BCUT2D eigenvalue weighted by molar-refractivity contribution is 0.0602. The van der Waals surface area contributed by atoms with Crippen LogP contribution in [0.15, 0.2) is 16.3 Å². The number of hydrogen-bond donors (Lipinski definition) is 1. The van der Waals surface area contributed by atoms with Gasteiger partial charge in [-0.1, -0.05) is 0 Å². The van der Waals surface area contributed by atoms with Gasteiger partial charge in [-0.3, -0.25) is 0 Å². The summed E-state index contributed by atoms with van der Waals surface area (Å²) in [5.74, 6) is -0.219. The average molecular weight is 316 g/mol. The molecule has 110 valence electrons. The van der Waals surface area contributed by atoms with Gasteiger partial charge in [0.1, 0.15) is 9.77 Å². The van der Waals surface area contributed by atoms with E-state index in [1.165, 1.54) is 17.5 Å². The molecule has 2 aliphatic rings. The van der Waals surface area contributed by atoms with Crippen LogP contribution in [-0.2, 0) is 14.8 Å². The van der Waals surface area contributed by atoms with Crippen LogP contribution in [0.5, 0.6) is 0 Å². The maximum atomic E-state index is 12.8. The lowest BCUT2D eigenvalue weighted by Crippen LogP contribution is -2.39. The number of nitrogens with one attached hydrogen (secondary N) is 1. The number of carbonyl (C=O) groups is 1. The summed E-state index contributed by atoms with van der Waals surface area (Å²) in [7, 11) is -2.38. The van der Waals surface area contributed by atoms with Gasteiger partial charge in [0.25, 0.3) is 0 Å². The summed E-state index contributed by atoms with van der Waals surface area (Å²) in [4.78, 5) is 11.9. The molecule has 0 aliphatic carbocycles. The molecule has 1 aromatic rings. The number of sulfonamides is 1. The first-order chi connectivity index (χ1) is 9.55. The Morgan fingerprint density at radius 3 is 3.05 bits per heavy atom. The monoisotopic (exact) mass is 316 g/mol. The molecule has 0 amide bonds. The molecule has 0 spiro atoms. The van der Waals surface area contributed by atoms with Gasteiger partial charge in [0.15, 0.2) is 0 Å². The van der Waals surface area contributed by atoms with Gasteiger partial charge in [-0.25, -0.2) is 13.2 Å². The topological polar surface area (TPSA) is 75.7 Å². The van der Waals surface area contributed by atoms with Crippen LogP contribution in [0.4, 0.5) is 0 Å². The van der Waals surface area contributed by atoms with Crippen LogP contribution in [0.2, 0.25) is 0 Å². The largest absolute Gasteiger partial charge is 0.465 e. The van der Waals surface area contributed by atoms with Gasteiger partial charge in [-0.05, 0) is 30.3 Å². The Morgan fingerprint density at radius 2 is 2.30 bits per heavy atom. The molecule has 0 unspecified atom stereocenters. The third-order valence-corrected chi connectivity index (χ3v) is 6.97. The standard InChI is InChI=1S/C12H16N2O4S2/c1-18-12(15)11-10(3-5-19-11)20(16,17)14-4-2-8-6-13-7-9(8)14/h3,5,8-9,13H,2,4,6-7H2,1H3/t8-,9+/m0/s1. The number of fused-ring (bicyclic) bond motifs is 1. The number of carbonyl (C=O) groups excluding carboxylic acids is 1. The van der Waals surface area contributed by atoms with Crippen LogP contribution in [0.25, 0.3) is 0 Å². The second-order valence-corrected chi connectivity index (χ2v) is 7.77. The molecule has 1 aromatic heterocycles.